The zero-order valence-electron chi connectivity index (χ0n) is 8.57. The van der Waals surface area contributed by atoms with E-state index in [0.717, 1.165) is 11.4 Å². The number of phenols is 1. The van der Waals surface area contributed by atoms with Gasteiger partial charge in [-0.3, -0.25) is 0 Å². The smallest absolute Gasteiger partial charge is 0.115 e. The standard InChI is InChI=1S/C13H13NO/c1-10-4-2-3-5-13(10)14-11-6-8-12(15)9-7-11/h2-9,14-15H,1H3. The van der Waals surface area contributed by atoms with Crippen molar-refractivity contribution in [3.63, 3.8) is 0 Å². The maximum Gasteiger partial charge on any atom is 0.115 e. The van der Waals surface area contributed by atoms with Crippen molar-refractivity contribution in [3.8, 4) is 5.75 Å². The molecule has 2 aromatic rings. The van der Waals surface area contributed by atoms with Crippen molar-refractivity contribution in [3.05, 3.63) is 54.1 Å². The Labute approximate surface area is 89.2 Å². The van der Waals surface area contributed by atoms with Crippen LogP contribution in [0.1, 0.15) is 5.56 Å². The minimum Gasteiger partial charge on any atom is -0.508 e. The molecule has 0 aliphatic rings. The third kappa shape index (κ3) is 2.29. The van der Waals surface area contributed by atoms with Crippen LogP contribution >= 0.6 is 0 Å². The van der Waals surface area contributed by atoms with Gasteiger partial charge in [-0.2, -0.15) is 0 Å². The number of aryl methyl sites for hydroxylation is 1. The van der Waals surface area contributed by atoms with Gasteiger partial charge in [0.1, 0.15) is 5.75 Å². The van der Waals surface area contributed by atoms with Crippen molar-refractivity contribution >= 4 is 11.4 Å². The summed E-state index contributed by atoms with van der Waals surface area (Å²) in [5, 5.41) is 12.4. The molecule has 0 heterocycles. The van der Waals surface area contributed by atoms with Crippen LogP contribution in [0.25, 0.3) is 0 Å². The molecule has 0 aliphatic heterocycles. The molecule has 0 saturated carbocycles. The average Bonchev–Trinajstić information content (AvgIpc) is 2.25. The van der Waals surface area contributed by atoms with Crippen LogP contribution in [0.5, 0.6) is 5.75 Å². The second-order valence-corrected chi connectivity index (χ2v) is 3.49. The van der Waals surface area contributed by atoms with Crippen LogP contribution in [0.15, 0.2) is 48.5 Å². The molecule has 2 N–H and O–H groups in total. The third-order valence-electron chi connectivity index (χ3n) is 2.29. The lowest BCUT2D eigenvalue weighted by Gasteiger charge is -2.08. The number of para-hydroxylation sites is 1. The first-order valence-corrected chi connectivity index (χ1v) is 4.87. The summed E-state index contributed by atoms with van der Waals surface area (Å²) >= 11 is 0. The predicted octanol–water partition coefficient (Wildman–Crippen LogP) is 3.44. The van der Waals surface area contributed by atoms with Gasteiger partial charge in [0.2, 0.25) is 0 Å². The topological polar surface area (TPSA) is 32.3 Å². The highest BCUT2D eigenvalue weighted by molar-refractivity contribution is 5.63. The van der Waals surface area contributed by atoms with Crippen LogP contribution in [0, 0.1) is 6.92 Å². The average molecular weight is 199 g/mol. The van der Waals surface area contributed by atoms with E-state index in [4.69, 9.17) is 5.11 Å². The molecular weight excluding hydrogens is 186 g/mol. The van der Waals surface area contributed by atoms with Gasteiger partial charge in [-0.15, -0.1) is 0 Å². The number of nitrogens with one attached hydrogen (secondary N) is 1. The molecule has 0 bridgehead atoms. The molecular formula is C13H13NO. The molecule has 0 saturated heterocycles. The lowest BCUT2D eigenvalue weighted by atomic mass is 10.2. The first kappa shape index (κ1) is 9.59. The summed E-state index contributed by atoms with van der Waals surface area (Å²) in [7, 11) is 0. The van der Waals surface area contributed by atoms with Gasteiger partial charge < -0.3 is 10.4 Å². The second kappa shape index (κ2) is 4.05. The van der Waals surface area contributed by atoms with E-state index in [0.29, 0.717) is 0 Å². The highest BCUT2D eigenvalue weighted by atomic mass is 16.3. The van der Waals surface area contributed by atoms with E-state index < -0.39 is 0 Å². The summed E-state index contributed by atoms with van der Waals surface area (Å²) in [5.74, 6) is 0.283. The molecule has 2 aromatic carbocycles. The summed E-state index contributed by atoms with van der Waals surface area (Å²) < 4.78 is 0. The maximum absolute atomic E-state index is 9.15. The van der Waals surface area contributed by atoms with E-state index in [1.807, 2.05) is 30.3 Å². The van der Waals surface area contributed by atoms with Gasteiger partial charge in [-0.25, -0.2) is 0 Å². The van der Waals surface area contributed by atoms with E-state index in [9.17, 15) is 0 Å². The Balaban J connectivity index is 2.22. The monoisotopic (exact) mass is 199 g/mol. The van der Waals surface area contributed by atoms with Gasteiger partial charge in [-0.1, -0.05) is 18.2 Å². The number of benzene rings is 2. The fourth-order valence-corrected chi connectivity index (χ4v) is 1.41. The highest BCUT2D eigenvalue weighted by Gasteiger charge is 1.97. The summed E-state index contributed by atoms with van der Waals surface area (Å²) in [6, 6.07) is 15.1. The number of phenolic OH excluding ortho intramolecular Hbond substituents is 1. The van der Waals surface area contributed by atoms with Crippen LogP contribution in [0.4, 0.5) is 11.4 Å². The van der Waals surface area contributed by atoms with Crippen molar-refractivity contribution in [2.45, 2.75) is 6.92 Å². The van der Waals surface area contributed by atoms with E-state index in [2.05, 4.69) is 18.3 Å². The molecule has 0 atom stereocenters. The van der Waals surface area contributed by atoms with E-state index in [1.54, 1.807) is 12.1 Å². The lowest BCUT2D eigenvalue weighted by molar-refractivity contribution is 0.475. The summed E-state index contributed by atoms with van der Waals surface area (Å²) in [4.78, 5) is 0. The number of aromatic hydroxyl groups is 1. The first-order valence-electron chi connectivity index (χ1n) is 4.87. The number of rotatable bonds is 2. The molecule has 2 nitrogen and oxygen atoms in total. The molecule has 76 valence electrons. The molecule has 15 heavy (non-hydrogen) atoms. The fraction of sp³-hybridized carbons (Fsp3) is 0.0769. The second-order valence-electron chi connectivity index (χ2n) is 3.49. The molecule has 0 unspecified atom stereocenters. The number of anilines is 2. The molecule has 0 amide bonds. The van der Waals surface area contributed by atoms with Crippen molar-refractivity contribution in [1.29, 1.82) is 0 Å². The quantitative estimate of drug-likeness (QED) is 0.726. The largest absolute Gasteiger partial charge is 0.508 e. The van der Waals surface area contributed by atoms with Crippen molar-refractivity contribution in [2.24, 2.45) is 0 Å². The van der Waals surface area contributed by atoms with E-state index in [1.165, 1.54) is 5.56 Å². The Kier molecular flexibility index (Phi) is 2.59. The number of hydrogen-bond donors (Lipinski definition) is 2. The van der Waals surface area contributed by atoms with E-state index >= 15 is 0 Å². The summed E-state index contributed by atoms with van der Waals surface area (Å²) in [5.41, 5.74) is 3.26. The predicted molar refractivity (Wildman–Crippen MR) is 62.6 cm³/mol. The molecule has 0 aliphatic carbocycles. The van der Waals surface area contributed by atoms with Crippen molar-refractivity contribution in [1.82, 2.24) is 0 Å². The highest BCUT2D eigenvalue weighted by Crippen LogP contribution is 2.21. The Bertz CT molecular complexity index is 448. The van der Waals surface area contributed by atoms with Crippen LogP contribution in [-0.4, -0.2) is 5.11 Å². The normalized spacial score (nSPS) is 9.93. The third-order valence-corrected chi connectivity index (χ3v) is 2.29. The van der Waals surface area contributed by atoms with Gasteiger partial charge in [-0.05, 0) is 42.8 Å². The molecule has 2 rings (SSSR count). The molecule has 0 spiro atoms. The van der Waals surface area contributed by atoms with Gasteiger partial charge in [0.15, 0.2) is 0 Å². The fourth-order valence-electron chi connectivity index (χ4n) is 1.41. The van der Waals surface area contributed by atoms with E-state index in [-0.39, 0.29) is 5.75 Å². The summed E-state index contributed by atoms with van der Waals surface area (Å²) in [6.45, 7) is 2.06. The van der Waals surface area contributed by atoms with Crippen LogP contribution in [0.2, 0.25) is 0 Å². The maximum atomic E-state index is 9.15. The molecule has 0 radical (unpaired) electrons. The SMILES string of the molecule is Cc1ccccc1Nc1ccc(O)cc1. The Hall–Kier alpha value is -1.96. The number of hydrogen-bond acceptors (Lipinski definition) is 2. The Morgan fingerprint density at radius 1 is 0.933 bits per heavy atom. The summed E-state index contributed by atoms with van der Waals surface area (Å²) in [6.07, 6.45) is 0. The Morgan fingerprint density at radius 2 is 1.60 bits per heavy atom. The minimum absolute atomic E-state index is 0.283. The lowest BCUT2D eigenvalue weighted by Crippen LogP contribution is -1.91. The van der Waals surface area contributed by atoms with Crippen LogP contribution < -0.4 is 5.32 Å². The van der Waals surface area contributed by atoms with Crippen LogP contribution in [-0.2, 0) is 0 Å². The van der Waals surface area contributed by atoms with Gasteiger partial charge in [0.05, 0.1) is 0 Å². The minimum atomic E-state index is 0.283. The van der Waals surface area contributed by atoms with Gasteiger partial charge in [0, 0.05) is 11.4 Å². The van der Waals surface area contributed by atoms with Gasteiger partial charge >= 0.3 is 0 Å². The van der Waals surface area contributed by atoms with Crippen LogP contribution in [0.3, 0.4) is 0 Å². The molecule has 0 aromatic heterocycles. The first-order chi connectivity index (χ1) is 7.25. The van der Waals surface area contributed by atoms with Gasteiger partial charge in [0.25, 0.3) is 0 Å². The Morgan fingerprint density at radius 3 is 2.27 bits per heavy atom. The molecule has 2 heteroatoms. The van der Waals surface area contributed by atoms with Crippen molar-refractivity contribution < 1.29 is 5.11 Å². The molecule has 0 fully saturated rings. The van der Waals surface area contributed by atoms with Crippen molar-refractivity contribution in [2.75, 3.05) is 5.32 Å². The zero-order chi connectivity index (χ0) is 10.7. The zero-order valence-corrected chi connectivity index (χ0v) is 8.57.